The van der Waals surface area contributed by atoms with Crippen molar-refractivity contribution in [2.24, 2.45) is 0 Å². The summed E-state index contributed by atoms with van der Waals surface area (Å²) in [6, 6.07) is 3.83. The van der Waals surface area contributed by atoms with Gasteiger partial charge in [-0.15, -0.1) is 0 Å². The minimum absolute atomic E-state index is 0.154. The zero-order valence-electron chi connectivity index (χ0n) is 14.5. The Morgan fingerprint density at radius 1 is 1.42 bits per heavy atom. The Morgan fingerprint density at radius 3 is 2.96 bits per heavy atom. The van der Waals surface area contributed by atoms with Gasteiger partial charge in [-0.05, 0) is 62.6 Å². The van der Waals surface area contributed by atoms with Gasteiger partial charge in [-0.25, -0.2) is 4.79 Å². The van der Waals surface area contributed by atoms with Gasteiger partial charge in [-0.1, -0.05) is 11.6 Å². The molecule has 1 aromatic rings. The average Bonchev–Trinajstić information content (AvgIpc) is 2.52. The number of halogens is 1. The molecule has 6 heteroatoms. The van der Waals surface area contributed by atoms with Crippen molar-refractivity contribution in [3.63, 3.8) is 0 Å². The molecule has 0 unspecified atom stereocenters. The number of nitrogens with one attached hydrogen (secondary N) is 1. The van der Waals surface area contributed by atoms with Crippen molar-refractivity contribution >= 4 is 17.7 Å². The van der Waals surface area contributed by atoms with Crippen molar-refractivity contribution in [2.45, 2.75) is 45.4 Å². The molecule has 0 aliphatic carbocycles. The average molecular weight is 353 g/mol. The van der Waals surface area contributed by atoms with E-state index in [9.17, 15) is 4.79 Å². The van der Waals surface area contributed by atoms with Crippen LogP contribution in [0.3, 0.4) is 0 Å². The first-order valence-electron chi connectivity index (χ1n) is 8.44. The number of ether oxygens (including phenoxy) is 2. The second-order valence-electron chi connectivity index (χ2n) is 7.32. The van der Waals surface area contributed by atoms with E-state index in [1.165, 1.54) is 11.1 Å². The molecule has 1 N–H and O–H groups in total. The Labute approximate surface area is 148 Å². The summed E-state index contributed by atoms with van der Waals surface area (Å²) in [4.78, 5) is 14.4. The number of benzene rings is 1. The third-order valence-electron chi connectivity index (χ3n) is 4.32. The van der Waals surface area contributed by atoms with Crippen LogP contribution in [0, 0.1) is 0 Å². The topological polar surface area (TPSA) is 50.8 Å². The maximum atomic E-state index is 12.7. The molecule has 2 aliphatic heterocycles. The zero-order chi connectivity index (χ0) is 17.3. The molecule has 3 rings (SSSR count). The molecular formula is C18H25ClN2O3. The molecule has 1 amide bonds. The first-order valence-corrected chi connectivity index (χ1v) is 8.82. The van der Waals surface area contributed by atoms with Gasteiger partial charge in [0.25, 0.3) is 0 Å². The molecule has 1 atom stereocenters. The molecule has 5 nitrogen and oxygen atoms in total. The van der Waals surface area contributed by atoms with Gasteiger partial charge in [0.1, 0.15) is 5.60 Å². The molecule has 0 bridgehead atoms. The smallest absolute Gasteiger partial charge is 0.410 e. The summed E-state index contributed by atoms with van der Waals surface area (Å²) in [7, 11) is 0. The van der Waals surface area contributed by atoms with Crippen molar-refractivity contribution in [3.8, 4) is 0 Å². The number of carbonyl (C=O) groups is 1. The van der Waals surface area contributed by atoms with Crippen LogP contribution in [0.2, 0.25) is 5.02 Å². The van der Waals surface area contributed by atoms with Crippen molar-refractivity contribution in [1.29, 1.82) is 0 Å². The molecule has 24 heavy (non-hydrogen) atoms. The van der Waals surface area contributed by atoms with Gasteiger partial charge in [-0.3, -0.25) is 4.90 Å². The Morgan fingerprint density at radius 2 is 2.21 bits per heavy atom. The van der Waals surface area contributed by atoms with Gasteiger partial charge in [0.05, 0.1) is 19.3 Å². The quantitative estimate of drug-likeness (QED) is 0.842. The molecule has 0 aromatic heterocycles. The van der Waals surface area contributed by atoms with Crippen LogP contribution in [0.25, 0.3) is 0 Å². The van der Waals surface area contributed by atoms with Gasteiger partial charge < -0.3 is 14.8 Å². The van der Waals surface area contributed by atoms with E-state index >= 15 is 0 Å². The number of nitrogens with zero attached hydrogens (tertiary/aromatic N) is 1. The Balaban J connectivity index is 1.94. The standard InChI is InChI=1S/C18H25ClN2O3/c1-18(2,3)24-17(22)21-6-7-23-11-16(21)15-9-13(19)8-12-10-20-5-4-14(12)15/h8-9,16,20H,4-7,10-11H2,1-3H3/t16-/m0/s1. The first-order chi connectivity index (χ1) is 11.3. The van der Waals surface area contributed by atoms with E-state index in [1.54, 1.807) is 4.90 Å². The van der Waals surface area contributed by atoms with Gasteiger partial charge in [0, 0.05) is 18.1 Å². The van der Waals surface area contributed by atoms with E-state index in [4.69, 9.17) is 21.1 Å². The van der Waals surface area contributed by atoms with Crippen molar-refractivity contribution in [2.75, 3.05) is 26.3 Å². The lowest BCUT2D eigenvalue weighted by Gasteiger charge is -2.38. The Hall–Kier alpha value is -1.30. The number of amides is 1. The fourth-order valence-electron chi connectivity index (χ4n) is 3.31. The van der Waals surface area contributed by atoms with Gasteiger partial charge in [-0.2, -0.15) is 0 Å². The largest absolute Gasteiger partial charge is 0.444 e. The highest BCUT2D eigenvalue weighted by Gasteiger charge is 2.34. The maximum Gasteiger partial charge on any atom is 0.410 e. The molecule has 1 saturated heterocycles. The maximum absolute atomic E-state index is 12.7. The summed E-state index contributed by atoms with van der Waals surface area (Å²) < 4.78 is 11.3. The van der Waals surface area contributed by atoms with Crippen LogP contribution >= 0.6 is 11.6 Å². The zero-order valence-corrected chi connectivity index (χ0v) is 15.3. The Bertz CT molecular complexity index is 627. The lowest BCUT2D eigenvalue weighted by molar-refractivity contribution is -0.0333. The fraction of sp³-hybridized carbons (Fsp3) is 0.611. The number of rotatable bonds is 1. The Kier molecular flexibility index (Phi) is 5.04. The normalized spacial score (nSPS) is 21.3. The second-order valence-corrected chi connectivity index (χ2v) is 7.76. The van der Waals surface area contributed by atoms with Gasteiger partial charge in [0.2, 0.25) is 0 Å². The first kappa shape index (κ1) is 17.5. The molecule has 0 spiro atoms. The van der Waals surface area contributed by atoms with Crippen LogP contribution < -0.4 is 5.32 Å². The van der Waals surface area contributed by atoms with Crippen LogP contribution in [0.1, 0.15) is 43.5 Å². The predicted molar refractivity (Wildman–Crippen MR) is 93.4 cm³/mol. The number of hydrogen-bond donors (Lipinski definition) is 1. The van der Waals surface area contributed by atoms with E-state index in [0.717, 1.165) is 25.1 Å². The third-order valence-corrected chi connectivity index (χ3v) is 4.54. The summed E-state index contributed by atoms with van der Waals surface area (Å²) >= 11 is 6.33. The molecule has 2 heterocycles. The highest BCUT2D eigenvalue weighted by Crippen LogP contribution is 2.33. The summed E-state index contributed by atoms with van der Waals surface area (Å²) in [5, 5.41) is 4.06. The van der Waals surface area contributed by atoms with E-state index in [2.05, 4.69) is 5.32 Å². The number of carbonyl (C=O) groups excluding carboxylic acids is 1. The molecule has 0 radical (unpaired) electrons. The van der Waals surface area contributed by atoms with Crippen LogP contribution in [-0.4, -0.2) is 42.9 Å². The summed E-state index contributed by atoms with van der Waals surface area (Å²) in [6.45, 7) is 8.91. The van der Waals surface area contributed by atoms with Gasteiger partial charge in [0.15, 0.2) is 0 Å². The van der Waals surface area contributed by atoms with Crippen molar-refractivity contribution < 1.29 is 14.3 Å². The van der Waals surface area contributed by atoms with Crippen molar-refractivity contribution in [1.82, 2.24) is 10.2 Å². The number of morpholine rings is 1. The van der Waals surface area contributed by atoms with E-state index in [1.807, 2.05) is 32.9 Å². The summed E-state index contributed by atoms with van der Waals surface area (Å²) in [6.07, 6.45) is 0.638. The molecule has 1 aromatic carbocycles. The lowest BCUT2D eigenvalue weighted by atomic mass is 9.90. The minimum Gasteiger partial charge on any atom is -0.444 e. The number of hydrogen-bond acceptors (Lipinski definition) is 4. The molecule has 2 aliphatic rings. The van der Waals surface area contributed by atoms with Crippen LogP contribution in [-0.2, 0) is 22.4 Å². The van der Waals surface area contributed by atoms with Crippen LogP contribution in [0.4, 0.5) is 4.79 Å². The summed E-state index contributed by atoms with van der Waals surface area (Å²) in [5.74, 6) is 0. The van der Waals surface area contributed by atoms with E-state index in [0.29, 0.717) is 24.8 Å². The number of fused-ring (bicyclic) bond motifs is 1. The van der Waals surface area contributed by atoms with Crippen LogP contribution in [0.15, 0.2) is 12.1 Å². The predicted octanol–water partition coefficient (Wildman–Crippen LogP) is 3.29. The van der Waals surface area contributed by atoms with Gasteiger partial charge >= 0.3 is 6.09 Å². The monoisotopic (exact) mass is 352 g/mol. The van der Waals surface area contributed by atoms with E-state index < -0.39 is 5.60 Å². The highest BCUT2D eigenvalue weighted by atomic mass is 35.5. The second kappa shape index (κ2) is 6.90. The third kappa shape index (κ3) is 3.85. The summed E-state index contributed by atoms with van der Waals surface area (Å²) in [5.41, 5.74) is 3.06. The fourth-order valence-corrected chi connectivity index (χ4v) is 3.56. The molecular weight excluding hydrogens is 328 g/mol. The lowest BCUT2D eigenvalue weighted by Crippen LogP contribution is -2.46. The molecule has 1 fully saturated rings. The minimum atomic E-state index is -0.516. The molecule has 132 valence electrons. The molecule has 0 saturated carbocycles. The highest BCUT2D eigenvalue weighted by molar-refractivity contribution is 6.30. The van der Waals surface area contributed by atoms with Crippen LogP contribution in [0.5, 0.6) is 0 Å². The van der Waals surface area contributed by atoms with Crippen molar-refractivity contribution in [3.05, 3.63) is 33.8 Å². The SMILES string of the molecule is CC(C)(C)OC(=O)N1CCOC[C@H]1c1cc(Cl)cc2c1CCNC2. The van der Waals surface area contributed by atoms with E-state index in [-0.39, 0.29) is 12.1 Å².